The van der Waals surface area contributed by atoms with E-state index in [0.29, 0.717) is 5.56 Å². The van der Waals surface area contributed by atoms with Crippen LogP contribution in [-0.4, -0.2) is 23.4 Å². The normalized spacial score (nSPS) is 16.0. The molecular formula is C10H6N2O3. The van der Waals surface area contributed by atoms with E-state index in [2.05, 4.69) is 4.99 Å². The number of aliphatic imine (C=N–C) groups is 1. The highest BCUT2D eigenvalue weighted by molar-refractivity contribution is 6.70. The number of ketones is 1. The van der Waals surface area contributed by atoms with E-state index in [1.807, 2.05) is 5.32 Å². The molecule has 0 fully saturated rings. The lowest BCUT2D eigenvalue weighted by molar-refractivity contribution is -0.133. The lowest BCUT2D eigenvalue weighted by atomic mass is 10.1. The second kappa shape index (κ2) is 3.45. The van der Waals surface area contributed by atoms with Gasteiger partial charge in [0, 0.05) is 5.56 Å². The molecule has 15 heavy (non-hydrogen) atoms. The van der Waals surface area contributed by atoms with Crippen LogP contribution >= 0.6 is 0 Å². The van der Waals surface area contributed by atoms with Crippen molar-refractivity contribution in [2.45, 2.75) is 0 Å². The van der Waals surface area contributed by atoms with Crippen molar-refractivity contribution in [3.8, 4) is 0 Å². The molecule has 1 heterocycles. The molecule has 1 aromatic rings. The maximum atomic E-state index is 11.4. The molecule has 2 rings (SSSR count). The molecule has 0 spiro atoms. The van der Waals surface area contributed by atoms with E-state index in [9.17, 15) is 14.4 Å². The van der Waals surface area contributed by atoms with Gasteiger partial charge in [0.15, 0.2) is 0 Å². The molecule has 1 aliphatic heterocycles. The van der Waals surface area contributed by atoms with Gasteiger partial charge in [0.05, 0.1) is 0 Å². The van der Waals surface area contributed by atoms with Crippen LogP contribution in [0.15, 0.2) is 35.3 Å². The lowest BCUT2D eigenvalue weighted by Crippen LogP contribution is -2.43. The monoisotopic (exact) mass is 202 g/mol. The summed E-state index contributed by atoms with van der Waals surface area (Å²) in [6.45, 7) is 0. The number of nitrogens with one attached hydrogen (secondary N) is 1. The van der Waals surface area contributed by atoms with E-state index >= 15 is 0 Å². The highest BCUT2D eigenvalue weighted by atomic mass is 16.2. The number of urea groups is 1. The first-order valence-electron chi connectivity index (χ1n) is 4.22. The Hall–Kier alpha value is -2.30. The fraction of sp³-hybridized carbons (Fsp3) is 0. The molecule has 0 saturated heterocycles. The predicted octanol–water partition coefficient (Wildman–Crippen LogP) is 0.295. The Labute approximate surface area is 84.8 Å². The molecule has 1 aliphatic rings. The summed E-state index contributed by atoms with van der Waals surface area (Å²) in [5.41, 5.74) is 0.357. The number of carbonyl (C=O) groups excluding carboxylic acids is 3. The van der Waals surface area contributed by atoms with Crippen molar-refractivity contribution in [1.29, 1.82) is 0 Å². The summed E-state index contributed by atoms with van der Waals surface area (Å²) < 4.78 is 0. The molecule has 1 N–H and O–H groups in total. The number of benzene rings is 1. The standard InChI is InChI=1S/C10H6N2O3/c13-8-7(6-4-2-1-3-5-6)11-10(15)12-9(8)14/h1-5H,(H,12,14,15). The van der Waals surface area contributed by atoms with Crippen LogP contribution in [0.4, 0.5) is 4.79 Å². The van der Waals surface area contributed by atoms with Crippen molar-refractivity contribution < 1.29 is 14.4 Å². The number of amides is 3. The number of rotatable bonds is 1. The van der Waals surface area contributed by atoms with Crippen molar-refractivity contribution in [2.75, 3.05) is 0 Å². The Kier molecular flexibility index (Phi) is 2.13. The van der Waals surface area contributed by atoms with Gasteiger partial charge >= 0.3 is 11.9 Å². The molecule has 0 saturated carbocycles. The van der Waals surface area contributed by atoms with Crippen molar-refractivity contribution in [3.63, 3.8) is 0 Å². The van der Waals surface area contributed by atoms with Gasteiger partial charge in [-0.15, -0.1) is 0 Å². The number of hydrogen-bond acceptors (Lipinski definition) is 3. The second-order valence-electron chi connectivity index (χ2n) is 2.91. The summed E-state index contributed by atoms with van der Waals surface area (Å²) in [6, 6.07) is 7.58. The molecule has 1 aromatic carbocycles. The van der Waals surface area contributed by atoms with Gasteiger partial charge in [-0.2, -0.15) is 4.99 Å². The van der Waals surface area contributed by atoms with E-state index in [0.717, 1.165) is 0 Å². The number of nitrogens with zero attached hydrogens (tertiary/aromatic N) is 1. The minimum Gasteiger partial charge on any atom is -0.281 e. The number of imide groups is 1. The smallest absolute Gasteiger partial charge is 0.281 e. The summed E-state index contributed by atoms with van der Waals surface area (Å²) in [6.07, 6.45) is 0. The minimum absolute atomic E-state index is 0.107. The summed E-state index contributed by atoms with van der Waals surface area (Å²) in [5, 5.41) is 1.81. The largest absolute Gasteiger partial charge is 0.348 e. The van der Waals surface area contributed by atoms with Crippen LogP contribution in [0, 0.1) is 0 Å². The van der Waals surface area contributed by atoms with Gasteiger partial charge < -0.3 is 0 Å². The van der Waals surface area contributed by atoms with Gasteiger partial charge in [-0.1, -0.05) is 30.3 Å². The highest BCUT2D eigenvalue weighted by Crippen LogP contribution is 2.05. The first-order valence-corrected chi connectivity index (χ1v) is 4.22. The Morgan fingerprint density at radius 3 is 2.33 bits per heavy atom. The van der Waals surface area contributed by atoms with Gasteiger partial charge in [0.25, 0.3) is 5.78 Å². The Morgan fingerprint density at radius 1 is 1.00 bits per heavy atom. The van der Waals surface area contributed by atoms with Gasteiger partial charge in [-0.3, -0.25) is 14.9 Å². The Bertz CT molecular complexity index is 477. The molecule has 0 aliphatic carbocycles. The Balaban J connectivity index is 2.49. The molecule has 0 bridgehead atoms. The minimum atomic E-state index is -0.936. The van der Waals surface area contributed by atoms with Crippen LogP contribution in [-0.2, 0) is 9.59 Å². The van der Waals surface area contributed by atoms with Crippen LogP contribution in [0.25, 0.3) is 0 Å². The molecule has 5 nitrogen and oxygen atoms in total. The number of Topliss-reactive ketones (excluding diaryl/α,β-unsaturated/α-hetero) is 1. The SMILES string of the molecule is O=C1N=C(c2ccccc2)C(=O)C(=O)N1. The molecule has 0 radical (unpaired) electrons. The fourth-order valence-electron chi connectivity index (χ4n) is 1.23. The zero-order valence-corrected chi connectivity index (χ0v) is 7.56. The molecule has 0 atom stereocenters. The number of hydrogen-bond donors (Lipinski definition) is 1. The van der Waals surface area contributed by atoms with E-state index < -0.39 is 17.7 Å². The van der Waals surface area contributed by atoms with Gasteiger partial charge in [0.2, 0.25) is 0 Å². The lowest BCUT2D eigenvalue weighted by Gasteiger charge is -2.09. The van der Waals surface area contributed by atoms with Crippen LogP contribution in [0.5, 0.6) is 0 Å². The van der Waals surface area contributed by atoms with Crippen molar-refractivity contribution >= 4 is 23.4 Å². The predicted molar refractivity (Wildman–Crippen MR) is 51.5 cm³/mol. The van der Waals surface area contributed by atoms with Gasteiger partial charge in [0.1, 0.15) is 5.71 Å². The van der Waals surface area contributed by atoms with E-state index in [4.69, 9.17) is 0 Å². The van der Waals surface area contributed by atoms with Crippen LogP contribution in [0.3, 0.4) is 0 Å². The van der Waals surface area contributed by atoms with Crippen molar-refractivity contribution in [3.05, 3.63) is 35.9 Å². The second-order valence-corrected chi connectivity index (χ2v) is 2.91. The first kappa shape index (κ1) is 9.26. The van der Waals surface area contributed by atoms with Gasteiger partial charge in [-0.05, 0) is 0 Å². The van der Waals surface area contributed by atoms with Crippen LogP contribution in [0.1, 0.15) is 5.56 Å². The molecule has 5 heteroatoms. The summed E-state index contributed by atoms with van der Waals surface area (Å²) in [5.74, 6) is -1.73. The summed E-state index contributed by atoms with van der Waals surface area (Å²) in [7, 11) is 0. The van der Waals surface area contributed by atoms with Crippen molar-refractivity contribution in [1.82, 2.24) is 5.32 Å². The third-order valence-corrected chi connectivity index (χ3v) is 1.90. The zero-order valence-electron chi connectivity index (χ0n) is 7.56. The third-order valence-electron chi connectivity index (χ3n) is 1.90. The van der Waals surface area contributed by atoms with Crippen molar-refractivity contribution in [2.24, 2.45) is 4.99 Å². The fourth-order valence-corrected chi connectivity index (χ4v) is 1.23. The van der Waals surface area contributed by atoms with Gasteiger partial charge in [-0.25, -0.2) is 4.79 Å². The van der Waals surface area contributed by atoms with E-state index in [1.54, 1.807) is 30.3 Å². The molecule has 3 amide bonds. The Morgan fingerprint density at radius 2 is 1.67 bits per heavy atom. The average molecular weight is 202 g/mol. The first-order chi connectivity index (χ1) is 7.18. The van der Waals surface area contributed by atoms with Crippen LogP contribution < -0.4 is 5.32 Å². The molecule has 74 valence electrons. The van der Waals surface area contributed by atoms with Crippen LogP contribution in [0.2, 0.25) is 0 Å². The maximum Gasteiger partial charge on any atom is 0.348 e. The molecule has 0 unspecified atom stereocenters. The topological polar surface area (TPSA) is 75.6 Å². The van der Waals surface area contributed by atoms with E-state index in [-0.39, 0.29) is 5.71 Å². The molecule has 0 aromatic heterocycles. The molecular weight excluding hydrogens is 196 g/mol. The maximum absolute atomic E-state index is 11.4. The average Bonchev–Trinajstić information content (AvgIpc) is 2.24. The summed E-state index contributed by atoms with van der Waals surface area (Å²) in [4.78, 5) is 36.8. The zero-order chi connectivity index (χ0) is 10.8. The third kappa shape index (κ3) is 1.67. The summed E-state index contributed by atoms with van der Waals surface area (Å²) >= 11 is 0. The highest BCUT2D eigenvalue weighted by Gasteiger charge is 2.28. The van der Waals surface area contributed by atoms with E-state index in [1.165, 1.54) is 0 Å². The quantitative estimate of drug-likeness (QED) is 0.665. The number of carbonyl (C=O) groups is 3.